The number of rotatable bonds is 3. The Hall–Kier alpha value is -1.34. The van der Waals surface area contributed by atoms with Crippen LogP contribution in [-0.4, -0.2) is 0 Å². The number of benzene rings is 2. The molecule has 0 spiro atoms. The molecular formula is C13H6BrClF5N. The van der Waals surface area contributed by atoms with Crippen molar-refractivity contribution in [2.45, 2.75) is 6.54 Å². The summed E-state index contributed by atoms with van der Waals surface area (Å²) in [5, 5.41) is 2.63. The molecule has 2 aromatic rings. The summed E-state index contributed by atoms with van der Waals surface area (Å²) in [6.07, 6.45) is 0. The second-order valence-electron chi connectivity index (χ2n) is 4.03. The molecule has 1 N–H and O–H groups in total. The maximum atomic E-state index is 13.5. The average Bonchev–Trinajstić information content (AvgIpc) is 2.45. The van der Waals surface area contributed by atoms with Crippen molar-refractivity contribution in [1.82, 2.24) is 0 Å². The van der Waals surface area contributed by atoms with Gasteiger partial charge in [-0.05, 0) is 17.7 Å². The first-order valence-electron chi connectivity index (χ1n) is 5.52. The van der Waals surface area contributed by atoms with Gasteiger partial charge < -0.3 is 5.32 Å². The van der Waals surface area contributed by atoms with Gasteiger partial charge >= 0.3 is 0 Å². The molecule has 0 aromatic heterocycles. The molecule has 2 rings (SSSR count). The topological polar surface area (TPSA) is 12.0 Å². The lowest BCUT2D eigenvalue weighted by Crippen LogP contribution is -2.10. The Morgan fingerprint density at radius 3 is 1.95 bits per heavy atom. The summed E-state index contributed by atoms with van der Waals surface area (Å²) >= 11 is 8.91. The minimum absolute atomic E-state index is 0.157. The van der Waals surface area contributed by atoms with E-state index in [0.29, 0.717) is 15.1 Å². The Labute approximate surface area is 129 Å². The lowest BCUT2D eigenvalue weighted by atomic mass is 10.2. The molecule has 0 saturated carbocycles. The second kappa shape index (κ2) is 6.19. The zero-order valence-electron chi connectivity index (χ0n) is 10.1. The van der Waals surface area contributed by atoms with Gasteiger partial charge in [-0.25, -0.2) is 22.0 Å². The van der Waals surface area contributed by atoms with Gasteiger partial charge in [-0.2, -0.15) is 0 Å². The highest BCUT2D eigenvalue weighted by Crippen LogP contribution is 2.28. The summed E-state index contributed by atoms with van der Waals surface area (Å²) in [7, 11) is 0. The maximum absolute atomic E-state index is 13.5. The van der Waals surface area contributed by atoms with E-state index < -0.39 is 34.8 Å². The molecule has 8 heteroatoms. The van der Waals surface area contributed by atoms with Crippen molar-refractivity contribution in [3.8, 4) is 0 Å². The Morgan fingerprint density at radius 2 is 1.43 bits per heavy atom. The third kappa shape index (κ3) is 3.13. The van der Waals surface area contributed by atoms with Crippen LogP contribution >= 0.6 is 27.5 Å². The highest BCUT2D eigenvalue weighted by atomic mass is 79.9. The fourth-order valence-electron chi connectivity index (χ4n) is 1.61. The van der Waals surface area contributed by atoms with Gasteiger partial charge in [0.15, 0.2) is 23.3 Å². The van der Waals surface area contributed by atoms with E-state index in [0.717, 1.165) is 0 Å². The largest absolute Gasteiger partial charge is 0.376 e. The van der Waals surface area contributed by atoms with Crippen LogP contribution in [0.3, 0.4) is 0 Å². The molecule has 0 bridgehead atoms. The average molecular weight is 387 g/mol. The SMILES string of the molecule is Fc1c(F)c(F)c(NCc2ccc(Cl)cc2Br)c(F)c1F. The molecule has 2 aromatic carbocycles. The van der Waals surface area contributed by atoms with Crippen molar-refractivity contribution < 1.29 is 22.0 Å². The van der Waals surface area contributed by atoms with Crippen LogP contribution in [0, 0.1) is 29.1 Å². The van der Waals surface area contributed by atoms with Gasteiger partial charge in [-0.1, -0.05) is 33.6 Å². The molecule has 0 aliphatic carbocycles. The van der Waals surface area contributed by atoms with Gasteiger partial charge in [0.2, 0.25) is 5.82 Å². The number of halogens is 7. The van der Waals surface area contributed by atoms with E-state index in [1.54, 1.807) is 6.07 Å². The first-order valence-corrected chi connectivity index (χ1v) is 6.69. The predicted octanol–water partition coefficient (Wildman–Crippen LogP) is 5.41. The molecule has 0 heterocycles. The summed E-state index contributed by atoms with van der Waals surface area (Å²) in [4.78, 5) is 0. The molecule has 0 radical (unpaired) electrons. The Balaban J connectivity index is 2.32. The molecule has 0 aliphatic rings. The standard InChI is InChI=1S/C13H6BrClF5N/c14-7-3-6(15)2-1-5(7)4-21-13-11(19)9(17)8(16)10(18)12(13)20/h1-3,21H,4H2. The van der Waals surface area contributed by atoms with Crippen LogP contribution in [0.15, 0.2) is 22.7 Å². The fraction of sp³-hybridized carbons (Fsp3) is 0.0769. The van der Waals surface area contributed by atoms with Gasteiger partial charge in [0.25, 0.3) is 0 Å². The monoisotopic (exact) mass is 385 g/mol. The van der Waals surface area contributed by atoms with Crippen molar-refractivity contribution in [3.63, 3.8) is 0 Å². The van der Waals surface area contributed by atoms with Crippen molar-refractivity contribution in [1.29, 1.82) is 0 Å². The first kappa shape index (κ1) is 16.0. The summed E-state index contributed by atoms with van der Waals surface area (Å²) in [5.74, 6) is -9.99. The van der Waals surface area contributed by atoms with E-state index >= 15 is 0 Å². The van der Waals surface area contributed by atoms with Gasteiger partial charge in [0.1, 0.15) is 5.69 Å². The Morgan fingerprint density at radius 1 is 0.905 bits per heavy atom. The van der Waals surface area contributed by atoms with Gasteiger partial charge in [-0.3, -0.25) is 0 Å². The van der Waals surface area contributed by atoms with E-state index in [1.165, 1.54) is 12.1 Å². The van der Waals surface area contributed by atoms with Crippen LogP contribution in [-0.2, 0) is 6.54 Å². The maximum Gasteiger partial charge on any atom is 0.200 e. The lowest BCUT2D eigenvalue weighted by Gasteiger charge is -2.12. The third-order valence-corrected chi connectivity index (χ3v) is 3.65. The molecule has 1 nitrogen and oxygen atoms in total. The Kier molecular flexibility index (Phi) is 4.73. The first-order chi connectivity index (χ1) is 9.82. The second-order valence-corrected chi connectivity index (χ2v) is 5.32. The van der Waals surface area contributed by atoms with E-state index in [9.17, 15) is 22.0 Å². The van der Waals surface area contributed by atoms with E-state index in [2.05, 4.69) is 21.2 Å². The zero-order chi connectivity index (χ0) is 15.7. The quantitative estimate of drug-likeness (QED) is 0.422. The van der Waals surface area contributed by atoms with Crippen LogP contribution in [0.1, 0.15) is 5.56 Å². The summed E-state index contributed by atoms with van der Waals surface area (Å²) in [5.41, 5.74) is -0.545. The van der Waals surface area contributed by atoms with Crippen LogP contribution in [0.5, 0.6) is 0 Å². The molecule has 0 aliphatic heterocycles. The van der Waals surface area contributed by atoms with Crippen molar-refractivity contribution in [3.05, 3.63) is 62.3 Å². The summed E-state index contributed by atoms with van der Waals surface area (Å²) in [6, 6.07) is 4.62. The highest BCUT2D eigenvalue weighted by molar-refractivity contribution is 9.10. The minimum atomic E-state index is -2.19. The third-order valence-electron chi connectivity index (χ3n) is 2.68. The van der Waals surface area contributed by atoms with Crippen LogP contribution in [0.4, 0.5) is 27.6 Å². The van der Waals surface area contributed by atoms with Crippen LogP contribution in [0.2, 0.25) is 5.02 Å². The van der Waals surface area contributed by atoms with E-state index in [-0.39, 0.29) is 6.54 Å². The molecule has 0 amide bonds. The minimum Gasteiger partial charge on any atom is -0.376 e. The highest BCUT2D eigenvalue weighted by Gasteiger charge is 2.25. The van der Waals surface area contributed by atoms with Crippen LogP contribution < -0.4 is 5.32 Å². The molecule has 112 valence electrons. The van der Waals surface area contributed by atoms with Gasteiger partial charge in [0, 0.05) is 16.0 Å². The molecular weight excluding hydrogens is 380 g/mol. The molecule has 0 fully saturated rings. The van der Waals surface area contributed by atoms with Crippen molar-refractivity contribution in [2.24, 2.45) is 0 Å². The van der Waals surface area contributed by atoms with Gasteiger partial charge in [0.05, 0.1) is 0 Å². The number of hydrogen-bond donors (Lipinski definition) is 1. The van der Waals surface area contributed by atoms with Crippen molar-refractivity contribution in [2.75, 3.05) is 5.32 Å². The van der Waals surface area contributed by atoms with Crippen molar-refractivity contribution >= 4 is 33.2 Å². The smallest absolute Gasteiger partial charge is 0.200 e. The molecule has 21 heavy (non-hydrogen) atoms. The molecule has 0 atom stereocenters. The zero-order valence-corrected chi connectivity index (χ0v) is 12.4. The number of anilines is 1. The van der Waals surface area contributed by atoms with Gasteiger partial charge in [-0.15, -0.1) is 0 Å². The molecule has 0 saturated heterocycles. The normalized spacial score (nSPS) is 10.8. The van der Waals surface area contributed by atoms with E-state index in [1.807, 2.05) is 0 Å². The number of hydrogen-bond acceptors (Lipinski definition) is 1. The summed E-state index contributed by atoms with van der Waals surface area (Å²) in [6.45, 7) is -0.157. The number of nitrogens with one attached hydrogen (secondary N) is 1. The molecule has 0 unspecified atom stereocenters. The van der Waals surface area contributed by atoms with E-state index in [4.69, 9.17) is 11.6 Å². The Bertz CT molecular complexity index is 678. The lowest BCUT2D eigenvalue weighted by molar-refractivity contribution is 0.381. The predicted molar refractivity (Wildman–Crippen MR) is 72.7 cm³/mol. The fourth-order valence-corrected chi connectivity index (χ4v) is 2.43. The summed E-state index contributed by atoms with van der Waals surface area (Å²) < 4.78 is 66.4. The van der Waals surface area contributed by atoms with Crippen LogP contribution in [0.25, 0.3) is 0 Å².